The topological polar surface area (TPSA) is 79.9 Å². The van der Waals surface area contributed by atoms with Gasteiger partial charge in [0, 0.05) is 11.4 Å². The van der Waals surface area contributed by atoms with Crippen molar-refractivity contribution in [1.82, 2.24) is 15.5 Å². The third kappa shape index (κ3) is 2.94. The van der Waals surface area contributed by atoms with Gasteiger partial charge in [0.1, 0.15) is 11.2 Å². The van der Waals surface area contributed by atoms with Crippen LogP contribution in [0.4, 0.5) is 4.79 Å². The third-order valence-electron chi connectivity index (χ3n) is 6.29. The van der Waals surface area contributed by atoms with Gasteiger partial charge in [-0.1, -0.05) is 0 Å². The molecule has 1 unspecified atom stereocenters. The number of alkyl carbamates (subject to hydrolysis) is 1. The van der Waals surface area contributed by atoms with Crippen LogP contribution in [0.25, 0.3) is 0 Å². The van der Waals surface area contributed by atoms with Gasteiger partial charge in [0.25, 0.3) is 5.91 Å². The fourth-order valence-electron chi connectivity index (χ4n) is 4.89. The number of thiophene rings is 1. The molecule has 1 aromatic heterocycles. The van der Waals surface area contributed by atoms with Gasteiger partial charge >= 0.3 is 6.09 Å². The molecule has 8 heteroatoms. The lowest BCUT2D eigenvalue weighted by Gasteiger charge is -2.40. The van der Waals surface area contributed by atoms with Crippen molar-refractivity contribution >= 4 is 23.3 Å². The SMILES string of the molecule is O=C1NCC2(CCCN(C(=O)c3cc4c(s3)C3(CCNCC3)OCC4)C2)O1. The minimum atomic E-state index is -0.554. The number of nitrogens with one attached hydrogen (secondary N) is 2. The Kier molecular flexibility index (Phi) is 4.18. The highest BCUT2D eigenvalue weighted by molar-refractivity contribution is 7.14. The van der Waals surface area contributed by atoms with E-state index in [1.807, 2.05) is 4.90 Å². The second-order valence-corrected chi connectivity index (χ2v) is 9.12. The Morgan fingerprint density at radius 2 is 2.11 bits per heavy atom. The van der Waals surface area contributed by atoms with Gasteiger partial charge in [0.2, 0.25) is 0 Å². The van der Waals surface area contributed by atoms with Crippen LogP contribution >= 0.6 is 11.3 Å². The normalized spacial score (nSPS) is 29.5. The number of hydrogen-bond acceptors (Lipinski definition) is 6. The molecule has 1 atom stereocenters. The molecule has 4 aliphatic heterocycles. The molecule has 1 aromatic rings. The molecule has 3 saturated heterocycles. The maximum absolute atomic E-state index is 13.2. The summed E-state index contributed by atoms with van der Waals surface area (Å²) in [6, 6.07) is 2.08. The van der Waals surface area contributed by atoms with E-state index < -0.39 is 5.60 Å². The number of likely N-dealkylation sites (tertiary alicyclic amines) is 1. The van der Waals surface area contributed by atoms with Crippen LogP contribution in [-0.2, 0) is 21.5 Å². The van der Waals surface area contributed by atoms with Crippen molar-refractivity contribution in [2.24, 2.45) is 0 Å². The molecular weight excluding hydrogens is 366 g/mol. The molecule has 2 spiro atoms. The zero-order valence-corrected chi connectivity index (χ0v) is 16.2. The zero-order chi connectivity index (χ0) is 18.5. The van der Waals surface area contributed by atoms with Crippen molar-refractivity contribution in [1.29, 1.82) is 0 Å². The lowest BCUT2D eigenvalue weighted by atomic mass is 9.86. The van der Waals surface area contributed by atoms with Gasteiger partial charge in [-0.05, 0) is 56.8 Å². The molecule has 27 heavy (non-hydrogen) atoms. The maximum atomic E-state index is 13.2. The Morgan fingerprint density at radius 1 is 1.26 bits per heavy atom. The fraction of sp³-hybridized carbons (Fsp3) is 0.684. The van der Waals surface area contributed by atoms with Crippen LogP contribution in [0.2, 0.25) is 0 Å². The van der Waals surface area contributed by atoms with E-state index in [4.69, 9.17) is 9.47 Å². The van der Waals surface area contributed by atoms with Crippen molar-refractivity contribution in [3.8, 4) is 0 Å². The number of rotatable bonds is 1. The number of ether oxygens (including phenoxy) is 2. The first-order chi connectivity index (χ1) is 13.1. The highest BCUT2D eigenvalue weighted by Gasteiger charge is 2.46. The average molecular weight is 391 g/mol. The van der Waals surface area contributed by atoms with Gasteiger partial charge in [-0.15, -0.1) is 11.3 Å². The number of carbonyl (C=O) groups is 2. The van der Waals surface area contributed by atoms with E-state index in [9.17, 15) is 9.59 Å². The predicted octanol–water partition coefficient (Wildman–Crippen LogP) is 1.61. The van der Waals surface area contributed by atoms with Gasteiger partial charge in [-0.25, -0.2) is 4.79 Å². The summed E-state index contributed by atoms with van der Waals surface area (Å²) < 4.78 is 11.7. The Balaban J connectivity index is 1.39. The quantitative estimate of drug-likeness (QED) is 0.760. The second kappa shape index (κ2) is 6.46. The van der Waals surface area contributed by atoms with Gasteiger partial charge in [-0.3, -0.25) is 4.79 Å². The summed E-state index contributed by atoms with van der Waals surface area (Å²) in [5, 5.41) is 6.14. The third-order valence-corrected chi connectivity index (χ3v) is 7.64. The number of hydrogen-bond donors (Lipinski definition) is 2. The smallest absolute Gasteiger partial charge is 0.407 e. The summed E-state index contributed by atoms with van der Waals surface area (Å²) >= 11 is 1.61. The molecule has 0 saturated carbocycles. The van der Waals surface area contributed by atoms with Crippen LogP contribution < -0.4 is 10.6 Å². The first-order valence-electron chi connectivity index (χ1n) is 9.83. The average Bonchev–Trinajstić information content (AvgIpc) is 3.27. The van der Waals surface area contributed by atoms with Crippen LogP contribution in [0.3, 0.4) is 0 Å². The minimum Gasteiger partial charge on any atom is -0.439 e. The second-order valence-electron chi connectivity index (χ2n) is 8.06. The van der Waals surface area contributed by atoms with Crippen molar-refractivity contribution in [2.45, 2.75) is 43.3 Å². The summed E-state index contributed by atoms with van der Waals surface area (Å²) in [5.41, 5.74) is 0.509. The maximum Gasteiger partial charge on any atom is 0.407 e. The molecule has 5 rings (SSSR count). The fourth-order valence-corrected chi connectivity index (χ4v) is 6.26. The molecule has 0 radical (unpaired) electrons. The molecule has 7 nitrogen and oxygen atoms in total. The molecule has 4 aliphatic rings. The number of fused-ring (bicyclic) bond motifs is 2. The summed E-state index contributed by atoms with van der Waals surface area (Å²) in [5.74, 6) is 0.0560. The molecule has 146 valence electrons. The molecule has 0 bridgehead atoms. The number of amides is 2. The number of carbonyl (C=O) groups excluding carboxylic acids is 2. The van der Waals surface area contributed by atoms with E-state index in [0.29, 0.717) is 19.6 Å². The monoisotopic (exact) mass is 391 g/mol. The standard InChI is InChI=1S/C19H25N3O4S/c23-16(22-8-1-3-18(12-22)11-21-17(24)26-18)14-10-13-2-9-25-19(15(13)27-14)4-6-20-7-5-19/h10,20H,1-9,11-12H2,(H,21,24). The molecule has 2 amide bonds. The summed E-state index contributed by atoms with van der Waals surface area (Å²) in [4.78, 5) is 28.6. The van der Waals surface area contributed by atoms with E-state index in [0.717, 1.165) is 56.7 Å². The van der Waals surface area contributed by atoms with E-state index in [1.165, 1.54) is 10.4 Å². The summed E-state index contributed by atoms with van der Waals surface area (Å²) in [6.45, 7) is 4.30. The Bertz CT molecular complexity index is 773. The van der Waals surface area contributed by atoms with Crippen LogP contribution in [0, 0.1) is 0 Å². The lowest BCUT2D eigenvalue weighted by Crippen LogP contribution is -2.52. The van der Waals surface area contributed by atoms with Crippen molar-refractivity contribution in [2.75, 3.05) is 39.3 Å². The van der Waals surface area contributed by atoms with E-state index in [2.05, 4.69) is 16.7 Å². The van der Waals surface area contributed by atoms with E-state index in [-0.39, 0.29) is 17.6 Å². The summed E-state index contributed by atoms with van der Waals surface area (Å²) in [6.07, 6.45) is 4.08. The van der Waals surface area contributed by atoms with E-state index in [1.54, 1.807) is 11.3 Å². The Labute approximate surface area is 162 Å². The van der Waals surface area contributed by atoms with Crippen molar-refractivity contribution in [3.05, 3.63) is 21.4 Å². The summed E-state index contributed by atoms with van der Waals surface area (Å²) in [7, 11) is 0. The highest BCUT2D eigenvalue weighted by Crippen LogP contribution is 2.44. The predicted molar refractivity (Wildman–Crippen MR) is 100 cm³/mol. The van der Waals surface area contributed by atoms with Crippen LogP contribution in [0.15, 0.2) is 6.07 Å². The zero-order valence-electron chi connectivity index (χ0n) is 15.3. The van der Waals surface area contributed by atoms with E-state index >= 15 is 0 Å². The van der Waals surface area contributed by atoms with Crippen LogP contribution in [0.5, 0.6) is 0 Å². The van der Waals surface area contributed by atoms with Gasteiger partial charge < -0.3 is 25.0 Å². The van der Waals surface area contributed by atoms with Gasteiger partial charge in [-0.2, -0.15) is 0 Å². The lowest BCUT2D eigenvalue weighted by molar-refractivity contribution is -0.0771. The van der Waals surface area contributed by atoms with Crippen LogP contribution in [-0.4, -0.2) is 61.8 Å². The molecule has 3 fully saturated rings. The molecule has 0 aliphatic carbocycles. The van der Waals surface area contributed by atoms with Gasteiger partial charge in [0.05, 0.1) is 24.6 Å². The Hall–Kier alpha value is -1.64. The largest absolute Gasteiger partial charge is 0.439 e. The molecule has 0 aromatic carbocycles. The van der Waals surface area contributed by atoms with Gasteiger partial charge in [0.15, 0.2) is 0 Å². The van der Waals surface area contributed by atoms with Crippen molar-refractivity contribution < 1.29 is 19.1 Å². The molecule has 5 heterocycles. The number of nitrogens with zero attached hydrogens (tertiary/aromatic N) is 1. The van der Waals surface area contributed by atoms with Crippen LogP contribution in [0.1, 0.15) is 45.8 Å². The molecule has 2 N–H and O–H groups in total. The highest BCUT2D eigenvalue weighted by atomic mass is 32.1. The Morgan fingerprint density at radius 3 is 2.89 bits per heavy atom. The minimum absolute atomic E-state index is 0.0560. The first-order valence-corrected chi connectivity index (χ1v) is 10.6. The number of piperidine rings is 2. The van der Waals surface area contributed by atoms with Crippen molar-refractivity contribution in [3.63, 3.8) is 0 Å². The first kappa shape index (κ1) is 17.5. The molecular formula is C19H25N3O4S.